The maximum absolute atomic E-state index is 10.8. The first kappa shape index (κ1) is 10.6. The van der Waals surface area contributed by atoms with Crippen molar-refractivity contribution in [1.82, 2.24) is 4.90 Å². The highest BCUT2D eigenvalue weighted by Gasteiger charge is 2.34. The molecule has 0 aromatic rings. The lowest BCUT2D eigenvalue weighted by atomic mass is 9.85. The van der Waals surface area contributed by atoms with Crippen LogP contribution in [-0.2, 0) is 4.79 Å². The third-order valence-corrected chi connectivity index (χ3v) is 3.55. The van der Waals surface area contributed by atoms with E-state index in [4.69, 9.17) is 0 Å². The third kappa shape index (κ3) is 2.20. The molecule has 82 valence electrons. The van der Waals surface area contributed by atoms with Gasteiger partial charge in [0.2, 0.25) is 0 Å². The van der Waals surface area contributed by atoms with Crippen LogP contribution in [0.3, 0.4) is 0 Å². The van der Waals surface area contributed by atoms with Crippen molar-refractivity contribution in [2.24, 2.45) is 0 Å². The lowest BCUT2D eigenvalue weighted by molar-refractivity contribution is -0.110. The van der Waals surface area contributed by atoms with Crippen molar-refractivity contribution in [3.8, 4) is 0 Å². The number of piperidine rings is 1. The van der Waals surface area contributed by atoms with Crippen LogP contribution in [-0.4, -0.2) is 29.8 Å². The zero-order valence-electron chi connectivity index (χ0n) is 9.19. The second-order valence-corrected chi connectivity index (χ2v) is 4.51. The number of allylic oxidation sites excluding steroid dienone is 2. The smallest absolute Gasteiger partial charge is 0.122 e. The van der Waals surface area contributed by atoms with Gasteiger partial charge >= 0.3 is 0 Å². The van der Waals surface area contributed by atoms with Crippen molar-refractivity contribution < 1.29 is 4.79 Å². The van der Waals surface area contributed by atoms with Gasteiger partial charge in [-0.05, 0) is 32.4 Å². The Kier molecular flexibility index (Phi) is 3.37. The van der Waals surface area contributed by atoms with E-state index in [9.17, 15) is 4.79 Å². The van der Waals surface area contributed by atoms with Crippen LogP contribution in [0.1, 0.15) is 32.1 Å². The maximum atomic E-state index is 10.8. The van der Waals surface area contributed by atoms with Crippen LogP contribution in [0.2, 0.25) is 0 Å². The lowest BCUT2D eigenvalue weighted by Gasteiger charge is -2.43. The highest BCUT2D eigenvalue weighted by molar-refractivity contribution is 5.53. The Bertz CT molecular complexity index is 272. The Morgan fingerprint density at radius 1 is 1.20 bits per heavy atom. The standard InChI is InChI=1S/C13H19NO/c15-12-9-13(7-3-1-4-8-13)14-10-5-2-6-11-14/h1,3-4,7,12H,2,5-6,8-11H2. The summed E-state index contributed by atoms with van der Waals surface area (Å²) in [4.78, 5) is 13.3. The second-order valence-electron chi connectivity index (χ2n) is 4.51. The molecule has 0 aromatic heterocycles. The largest absolute Gasteiger partial charge is 0.303 e. The molecule has 2 rings (SSSR count). The van der Waals surface area contributed by atoms with Crippen LogP contribution in [0.4, 0.5) is 0 Å². The minimum Gasteiger partial charge on any atom is -0.303 e. The van der Waals surface area contributed by atoms with Crippen molar-refractivity contribution >= 4 is 6.29 Å². The molecule has 2 aliphatic rings. The number of aldehydes is 1. The first-order chi connectivity index (χ1) is 7.37. The Morgan fingerprint density at radius 3 is 2.60 bits per heavy atom. The van der Waals surface area contributed by atoms with E-state index in [1.165, 1.54) is 19.3 Å². The molecule has 15 heavy (non-hydrogen) atoms. The van der Waals surface area contributed by atoms with Gasteiger partial charge in [-0.1, -0.05) is 30.7 Å². The summed E-state index contributed by atoms with van der Waals surface area (Å²) in [5, 5.41) is 0. The van der Waals surface area contributed by atoms with E-state index >= 15 is 0 Å². The van der Waals surface area contributed by atoms with E-state index in [0.29, 0.717) is 6.42 Å². The molecule has 1 aliphatic heterocycles. The van der Waals surface area contributed by atoms with Crippen molar-refractivity contribution in [3.63, 3.8) is 0 Å². The van der Waals surface area contributed by atoms with Gasteiger partial charge in [0.1, 0.15) is 6.29 Å². The van der Waals surface area contributed by atoms with E-state index in [0.717, 1.165) is 25.8 Å². The minimum absolute atomic E-state index is 0.00306. The number of hydrogen-bond acceptors (Lipinski definition) is 2. The summed E-state index contributed by atoms with van der Waals surface area (Å²) in [7, 11) is 0. The van der Waals surface area contributed by atoms with Gasteiger partial charge in [-0.25, -0.2) is 0 Å². The Morgan fingerprint density at radius 2 is 2.00 bits per heavy atom. The number of rotatable bonds is 3. The summed E-state index contributed by atoms with van der Waals surface area (Å²) in [5.41, 5.74) is -0.00306. The van der Waals surface area contributed by atoms with Gasteiger partial charge in [-0.2, -0.15) is 0 Å². The third-order valence-electron chi connectivity index (χ3n) is 3.55. The van der Waals surface area contributed by atoms with Crippen LogP contribution >= 0.6 is 0 Å². The van der Waals surface area contributed by atoms with Gasteiger partial charge in [0.25, 0.3) is 0 Å². The van der Waals surface area contributed by atoms with Gasteiger partial charge in [0.15, 0.2) is 0 Å². The second kappa shape index (κ2) is 4.75. The molecule has 0 N–H and O–H groups in total. The fraction of sp³-hybridized carbons (Fsp3) is 0.615. The maximum Gasteiger partial charge on any atom is 0.122 e. The summed E-state index contributed by atoms with van der Waals surface area (Å²) in [6, 6.07) is 0. The molecule has 0 aromatic carbocycles. The van der Waals surface area contributed by atoms with E-state index in [-0.39, 0.29) is 5.54 Å². The van der Waals surface area contributed by atoms with Crippen molar-refractivity contribution in [1.29, 1.82) is 0 Å². The van der Waals surface area contributed by atoms with E-state index in [1.54, 1.807) is 0 Å². The van der Waals surface area contributed by atoms with Crippen LogP contribution in [0.15, 0.2) is 24.3 Å². The summed E-state index contributed by atoms with van der Waals surface area (Å²) < 4.78 is 0. The van der Waals surface area contributed by atoms with Crippen molar-refractivity contribution in [3.05, 3.63) is 24.3 Å². The lowest BCUT2D eigenvalue weighted by Crippen LogP contribution is -2.50. The SMILES string of the molecule is O=CCC1(N2CCCCC2)C=CC=CC1. The molecule has 1 aliphatic carbocycles. The van der Waals surface area contributed by atoms with Gasteiger partial charge < -0.3 is 4.79 Å². The average Bonchev–Trinajstić information content (AvgIpc) is 2.32. The number of hydrogen-bond donors (Lipinski definition) is 0. The van der Waals surface area contributed by atoms with Gasteiger partial charge in [-0.15, -0.1) is 0 Å². The monoisotopic (exact) mass is 205 g/mol. The van der Waals surface area contributed by atoms with Crippen molar-refractivity contribution in [2.45, 2.75) is 37.6 Å². The highest BCUT2D eigenvalue weighted by Crippen LogP contribution is 2.30. The molecule has 1 saturated heterocycles. The van der Waals surface area contributed by atoms with E-state index in [2.05, 4.69) is 29.2 Å². The molecule has 1 unspecified atom stereocenters. The topological polar surface area (TPSA) is 20.3 Å². The van der Waals surface area contributed by atoms with Crippen LogP contribution in [0.25, 0.3) is 0 Å². The molecule has 1 fully saturated rings. The first-order valence-electron chi connectivity index (χ1n) is 5.90. The summed E-state index contributed by atoms with van der Waals surface area (Å²) in [6.07, 6.45) is 15.1. The van der Waals surface area contributed by atoms with Gasteiger partial charge in [-0.3, -0.25) is 4.90 Å². The number of nitrogens with zero attached hydrogens (tertiary/aromatic N) is 1. The highest BCUT2D eigenvalue weighted by atomic mass is 16.1. The summed E-state index contributed by atoms with van der Waals surface area (Å²) in [6.45, 7) is 2.29. The predicted octanol–water partition coefficient (Wildman–Crippen LogP) is 2.32. The molecular formula is C13H19NO. The van der Waals surface area contributed by atoms with Crippen LogP contribution in [0.5, 0.6) is 0 Å². The molecule has 1 heterocycles. The summed E-state index contributed by atoms with van der Waals surface area (Å²) >= 11 is 0. The Hall–Kier alpha value is -0.890. The number of likely N-dealkylation sites (tertiary alicyclic amines) is 1. The van der Waals surface area contributed by atoms with Gasteiger partial charge in [0.05, 0.1) is 0 Å². The number of carbonyl (C=O) groups excluding carboxylic acids is 1. The zero-order chi connectivity index (χ0) is 10.6. The van der Waals surface area contributed by atoms with Crippen molar-refractivity contribution in [2.75, 3.05) is 13.1 Å². The average molecular weight is 205 g/mol. The molecule has 2 nitrogen and oxygen atoms in total. The van der Waals surface area contributed by atoms with Crippen LogP contribution in [0, 0.1) is 0 Å². The summed E-state index contributed by atoms with van der Waals surface area (Å²) in [5.74, 6) is 0. The molecule has 0 spiro atoms. The molecule has 0 saturated carbocycles. The molecule has 0 bridgehead atoms. The Labute approximate surface area is 91.6 Å². The molecule has 0 amide bonds. The van der Waals surface area contributed by atoms with Crippen LogP contribution < -0.4 is 0 Å². The fourth-order valence-electron chi connectivity index (χ4n) is 2.65. The zero-order valence-corrected chi connectivity index (χ0v) is 9.19. The van der Waals surface area contributed by atoms with E-state index in [1.807, 2.05) is 0 Å². The fourth-order valence-corrected chi connectivity index (χ4v) is 2.65. The molecule has 1 atom stereocenters. The minimum atomic E-state index is -0.00306. The number of carbonyl (C=O) groups is 1. The quantitative estimate of drug-likeness (QED) is 0.659. The predicted molar refractivity (Wildman–Crippen MR) is 61.7 cm³/mol. The molecular weight excluding hydrogens is 186 g/mol. The normalized spacial score (nSPS) is 31.7. The molecule has 2 heteroatoms. The Balaban J connectivity index is 2.13. The van der Waals surface area contributed by atoms with Gasteiger partial charge in [0, 0.05) is 12.0 Å². The molecule has 0 radical (unpaired) electrons. The first-order valence-corrected chi connectivity index (χ1v) is 5.90. The van der Waals surface area contributed by atoms with E-state index < -0.39 is 0 Å².